The van der Waals surface area contributed by atoms with Crippen molar-refractivity contribution < 1.29 is 0 Å². The number of aryl methyl sites for hydroxylation is 1. The number of benzene rings is 1. The molecule has 1 aromatic carbocycles. The normalized spacial score (nSPS) is 12.2. The molecule has 0 saturated carbocycles. The Balaban J connectivity index is 2.18. The second kappa shape index (κ2) is 5.67. The summed E-state index contributed by atoms with van der Waals surface area (Å²) in [7, 11) is 0. The van der Waals surface area contributed by atoms with Gasteiger partial charge in [0.2, 0.25) is 0 Å². The lowest BCUT2D eigenvalue weighted by atomic mass is 10.1. The summed E-state index contributed by atoms with van der Waals surface area (Å²) in [5.41, 5.74) is 1.18. The molecule has 94 valence electrons. The van der Waals surface area contributed by atoms with E-state index in [1.165, 1.54) is 5.56 Å². The standard InChI is InChI=1S/C13H13BrClN3/c1-8(10-4-3-5-11(14)6-10)16-13-7-12(15)17-9(2)18-13/h3-8H,1-2H3,(H,16,17,18). The Morgan fingerprint density at radius 3 is 2.72 bits per heavy atom. The topological polar surface area (TPSA) is 37.8 Å². The molecule has 2 rings (SSSR count). The van der Waals surface area contributed by atoms with Gasteiger partial charge >= 0.3 is 0 Å². The lowest BCUT2D eigenvalue weighted by Crippen LogP contribution is -2.08. The average Bonchev–Trinajstić information content (AvgIpc) is 2.27. The molecule has 18 heavy (non-hydrogen) atoms. The predicted octanol–water partition coefficient (Wildman–Crippen LogP) is 4.37. The molecular weight excluding hydrogens is 314 g/mol. The van der Waals surface area contributed by atoms with Gasteiger partial charge in [-0.25, -0.2) is 9.97 Å². The minimum absolute atomic E-state index is 0.146. The van der Waals surface area contributed by atoms with Gasteiger partial charge in [-0.3, -0.25) is 0 Å². The van der Waals surface area contributed by atoms with Gasteiger partial charge in [-0.15, -0.1) is 0 Å². The Bertz CT molecular complexity index is 539. The molecule has 2 aromatic rings. The van der Waals surface area contributed by atoms with Crippen LogP contribution < -0.4 is 5.32 Å². The van der Waals surface area contributed by atoms with Gasteiger partial charge in [0.1, 0.15) is 16.8 Å². The van der Waals surface area contributed by atoms with Crippen LogP contribution in [0.15, 0.2) is 34.8 Å². The largest absolute Gasteiger partial charge is 0.363 e. The van der Waals surface area contributed by atoms with Crippen molar-refractivity contribution >= 4 is 33.3 Å². The van der Waals surface area contributed by atoms with Crippen LogP contribution in [-0.4, -0.2) is 9.97 Å². The molecule has 0 aliphatic heterocycles. The van der Waals surface area contributed by atoms with Crippen LogP contribution in [-0.2, 0) is 0 Å². The number of hydrogen-bond donors (Lipinski definition) is 1. The van der Waals surface area contributed by atoms with E-state index < -0.39 is 0 Å². The van der Waals surface area contributed by atoms with Crippen LogP contribution in [0.5, 0.6) is 0 Å². The maximum Gasteiger partial charge on any atom is 0.134 e. The average molecular weight is 327 g/mol. The van der Waals surface area contributed by atoms with Crippen molar-refractivity contribution in [2.45, 2.75) is 19.9 Å². The third-order valence-electron chi connectivity index (χ3n) is 2.52. The van der Waals surface area contributed by atoms with E-state index in [-0.39, 0.29) is 6.04 Å². The van der Waals surface area contributed by atoms with Crippen molar-refractivity contribution in [3.8, 4) is 0 Å². The van der Waals surface area contributed by atoms with E-state index in [0.29, 0.717) is 11.0 Å². The molecule has 0 radical (unpaired) electrons. The zero-order valence-corrected chi connectivity index (χ0v) is 12.5. The van der Waals surface area contributed by atoms with E-state index in [2.05, 4.69) is 50.3 Å². The SMILES string of the molecule is Cc1nc(Cl)cc(NC(C)c2cccc(Br)c2)n1. The summed E-state index contributed by atoms with van der Waals surface area (Å²) < 4.78 is 1.06. The molecule has 5 heteroatoms. The molecule has 1 heterocycles. The van der Waals surface area contributed by atoms with Crippen LogP contribution >= 0.6 is 27.5 Å². The van der Waals surface area contributed by atoms with Crippen molar-refractivity contribution in [3.05, 3.63) is 51.3 Å². The first-order valence-corrected chi connectivity index (χ1v) is 6.75. The van der Waals surface area contributed by atoms with Crippen molar-refractivity contribution in [1.29, 1.82) is 0 Å². The summed E-state index contributed by atoms with van der Waals surface area (Å²) >= 11 is 9.37. The fraction of sp³-hybridized carbons (Fsp3) is 0.231. The Kier molecular flexibility index (Phi) is 4.19. The molecule has 0 saturated heterocycles. The lowest BCUT2D eigenvalue weighted by Gasteiger charge is -2.15. The van der Waals surface area contributed by atoms with E-state index >= 15 is 0 Å². The van der Waals surface area contributed by atoms with Crippen molar-refractivity contribution in [1.82, 2.24) is 9.97 Å². The summed E-state index contributed by atoms with van der Waals surface area (Å²) in [6, 6.07) is 10.0. The van der Waals surface area contributed by atoms with Gasteiger partial charge in [-0.1, -0.05) is 39.7 Å². The fourth-order valence-corrected chi connectivity index (χ4v) is 2.33. The van der Waals surface area contributed by atoms with E-state index in [4.69, 9.17) is 11.6 Å². The fourth-order valence-electron chi connectivity index (χ4n) is 1.69. The summed E-state index contributed by atoms with van der Waals surface area (Å²) in [6.07, 6.45) is 0. The number of nitrogens with zero attached hydrogens (tertiary/aromatic N) is 2. The third kappa shape index (κ3) is 3.43. The highest BCUT2D eigenvalue weighted by Gasteiger charge is 2.07. The van der Waals surface area contributed by atoms with Gasteiger partial charge in [0.05, 0.1) is 0 Å². The Labute approximate surface area is 120 Å². The highest BCUT2D eigenvalue weighted by atomic mass is 79.9. The van der Waals surface area contributed by atoms with Crippen LogP contribution in [0, 0.1) is 6.92 Å². The molecular formula is C13H13BrClN3. The van der Waals surface area contributed by atoms with Gasteiger partial charge < -0.3 is 5.32 Å². The molecule has 0 bridgehead atoms. The van der Waals surface area contributed by atoms with Gasteiger partial charge in [0, 0.05) is 16.6 Å². The Hall–Kier alpha value is -1.13. The Morgan fingerprint density at radius 2 is 2.06 bits per heavy atom. The van der Waals surface area contributed by atoms with Gasteiger partial charge in [0.15, 0.2) is 0 Å². The molecule has 0 aliphatic rings. The maximum atomic E-state index is 5.91. The highest BCUT2D eigenvalue weighted by molar-refractivity contribution is 9.10. The molecule has 0 fully saturated rings. The van der Waals surface area contributed by atoms with E-state index in [9.17, 15) is 0 Å². The second-order valence-corrected chi connectivity index (χ2v) is 5.35. The quantitative estimate of drug-likeness (QED) is 0.851. The molecule has 1 unspecified atom stereocenters. The second-order valence-electron chi connectivity index (χ2n) is 4.04. The van der Waals surface area contributed by atoms with Crippen molar-refractivity contribution in [2.24, 2.45) is 0 Å². The van der Waals surface area contributed by atoms with Crippen LogP contribution in [0.1, 0.15) is 24.4 Å². The van der Waals surface area contributed by atoms with Crippen LogP contribution in [0.4, 0.5) is 5.82 Å². The maximum absolute atomic E-state index is 5.91. The molecule has 1 N–H and O–H groups in total. The number of aromatic nitrogens is 2. The Morgan fingerprint density at radius 1 is 1.28 bits per heavy atom. The third-order valence-corrected chi connectivity index (χ3v) is 3.21. The number of hydrogen-bond acceptors (Lipinski definition) is 3. The number of halogens is 2. The van der Waals surface area contributed by atoms with Crippen molar-refractivity contribution in [2.75, 3.05) is 5.32 Å². The van der Waals surface area contributed by atoms with Gasteiger partial charge in [-0.2, -0.15) is 0 Å². The summed E-state index contributed by atoms with van der Waals surface area (Å²) in [6.45, 7) is 3.90. The summed E-state index contributed by atoms with van der Waals surface area (Å²) in [5.74, 6) is 1.39. The minimum Gasteiger partial charge on any atom is -0.363 e. The minimum atomic E-state index is 0.146. The highest BCUT2D eigenvalue weighted by Crippen LogP contribution is 2.22. The monoisotopic (exact) mass is 325 g/mol. The van der Waals surface area contributed by atoms with Crippen LogP contribution in [0.25, 0.3) is 0 Å². The van der Waals surface area contributed by atoms with Gasteiger partial charge in [-0.05, 0) is 31.5 Å². The first kappa shape index (κ1) is 13.3. The number of anilines is 1. The van der Waals surface area contributed by atoms with E-state index in [1.54, 1.807) is 6.07 Å². The molecule has 0 spiro atoms. The zero-order chi connectivity index (χ0) is 13.1. The summed E-state index contributed by atoms with van der Waals surface area (Å²) in [4.78, 5) is 8.34. The van der Waals surface area contributed by atoms with Crippen LogP contribution in [0.2, 0.25) is 5.15 Å². The number of rotatable bonds is 3. The smallest absolute Gasteiger partial charge is 0.134 e. The predicted molar refractivity (Wildman–Crippen MR) is 78.0 cm³/mol. The molecule has 1 aromatic heterocycles. The lowest BCUT2D eigenvalue weighted by molar-refractivity contribution is 0.866. The number of nitrogens with one attached hydrogen (secondary N) is 1. The molecule has 1 atom stereocenters. The first-order chi connectivity index (χ1) is 8.54. The van der Waals surface area contributed by atoms with Crippen LogP contribution in [0.3, 0.4) is 0 Å². The first-order valence-electron chi connectivity index (χ1n) is 5.58. The zero-order valence-electron chi connectivity index (χ0n) is 10.1. The summed E-state index contributed by atoms with van der Waals surface area (Å²) in [5, 5.41) is 3.76. The van der Waals surface area contributed by atoms with E-state index in [1.807, 2.05) is 19.1 Å². The van der Waals surface area contributed by atoms with Crippen molar-refractivity contribution in [3.63, 3.8) is 0 Å². The molecule has 0 amide bonds. The molecule has 0 aliphatic carbocycles. The molecule has 3 nitrogen and oxygen atoms in total. The van der Waals surface area contributed by atoms with E-state index in [0.717, 1.165) is 10.3 Å². The van der Waals surface area contributed by atoms with Gasteiger partial charge in [0.25, 0.3) is 0 Å².